The average molecular weight is 440 g/mol. The maximum Gasteiger partial charge on any atom is 0.275 e. The highest BCUT2D eigenvalue weighted by molar-refractivity contribution is 7.92. The number of aryl methyl sites for hydroxylation is 3. The van der Waals surface area contributed by atoms with Crippen LogP contribution in [0.3, 0.4) is 0 Å². The van der Waals surface area contributed by atoms with E-state index < -0.39 is 15.6 Å². The van der Waals surface area contributed by atoms with Crippen LogP contribution in [0.4, 0.5) is 11.4 Å². The van der Waals surface area contributed by atoms with E-state index in [0.29, 0.717) is 11.4 Å². The van der Waals surface area contributed by atoms with E-state index in [2.05, 4.69) is 10.0 Å². The van der Waals surface area contributed by atoms with E-state index in [9.17, 15) is 18.0 Å². The summed E-state index contributed by atoms with van der Waals surface area (Å²) in [6.07, 6.45) is 0.756. The second-order valence-corrected chi connectivity index (χ2v) is 8.94. The van der Waals surface area contributed by atoms with Crippen molar-refractivity contribution in [2.45, 2.75) is 38.6 Å². The predicted molar refractivity (Wildman–Crippen MR) is 122 cm³/mol. The first-order valence-corrected chi connectivity index (χ1v) is 11.4. The van der Waals surface area contributed by atoms with Crippen molar-refractivity contribution in [3.8, 4) is 0 Å². The summed E-state index contributed by atoms with van der Waals surface area (Å²) in [6, 6.07) is 16.8. The molecule has 2 aromatic carbocycles. The summed E-state index contributed by atoms with van der Waals surface area (Å²) in [7, 11) is -3.93. The number of rotatable bonds is 7. The molecule has 1 heterocycles. The fourth-order valence-electron chi connectivity index (χ4n) is 3.15. The van der Waals surface area contributed by atoms with Gasteiger partial charge in [0.15, 0.2) is 0 Å². The molecule has 0 bridgehead atoms. The summed E-state index contributed by atoms with van der Waals surface area (Å²) < 4.78 is 28.9. The molecule has 0 unspecified atom stereocenters. The number of anilines is 2. The average Bonchev–Trinajstić information content (AvgIpc) is 2.74. The quantitative estimate of drug-likeness (QED) is 0.589. The van der Waals surface area contributed by atoms with Crippen molar-refractivity contribution < 1.29 is 13.2 Å². The lowest BCUT2D eigenvalue weighted by Gasteiger charge is -2.14. The molecule has 0 fully saturated rings. The second kappa shape index (κ2) is 9.18. The monoisotopic (exact) mass is 439 g/mol. The van der Waals surface area contributed by atoms with Crippen LogP contribution in [0.15, 0.2) is 70.4 Å². The van der Waals surface area contributed by atoms with Gasteiger partial charge >= 0.3 is 0 Å². The summed E-state index contributed by atoms with van der Waals surface area (Å²) in [5.74, 6) is -0.371. The number of nitrogens with zero attached hydrogens (tertiary/aromatic N) is 1. The van der Waals surface area contributed by atoms with Gasteiger partial charge < -0.3 is 9.88 Å². The molecule has 0 saturated heterocycles. The molecule has 2 N–H and O–H groups in total. The molecule has 0 radical (unpaired) electrons. The lowest BCUT2D eigenvalue weighted by atomic mass is 10.1. The number of amides is 1. The number of carbonyl (C=O) groups excluding carboxylic acids is 1. The minimum absolute atomic E-state index is 0.0542. The standard InChI is InChI=1S/C23H25N3O4S/c1-4-18-7-5-6-8-20(18)24-22(27)15-26-17(3)11-14-21(23(26)28)25-31(29,30)19-12-9-16(2)10-13-19/h5-14,25H,4,15H2,1-3H3,(H,24,27). The van der Waals surface area contributed by atoms with Gasteiger partial charge in [0, 0.05) is 11.4 Å². The molecule has 3 rings (SSSR count). The zero-order valence-electron chi connectivity index (χ0n) is 17.7. The van der Waals surface area contributed by atoms with Crippen molar-refractivity contribution in [3.63, 3.8) is 0 Å². The van der Waals surface area contributed by atoms with Gasteiger partial charge in [0.05, 0.1) is 4.90 Å². The van der Waals surface area contributed by atoms with Gasteiger partial charge in [-0.3, -0.25) is 14.3 Å². The van der Waals surface area contributed by atoms with Crippen molar-refractivity contribution >= 4 is 27.3 Å². The summed E-state index contributed by atoms with van der Waals surface area (Å²) in [5.41, 5.74) is 2.44. The lowest BCUT2D eigenvalue weighted by Crippen LogP contribution is -2.31. The molecule has 0 spiro atoms. The van der Waals surface area contributed by atoms with Crippen molar-refractivity contribution in [2.75, 3.05) is 10.0 Å². The summed E-state index contributed by atoms with van der Waals surface area (Å²) >= 11 is 0. The Morgan fingerprint density at radius 2 is 1.61 bits per heavy atom. The van der Waals surface area contributed by atoms with Gasteiger partial charge in [0.2, 0.25) is 5.91 Å². The van der Waals surface area contributed by atoms with Crippen LogP contribution in [-0.4, -0.2) is 18.9 Å². The maximum atomic E-state index is 12.9. The maximum absolute atomic E-state index is 12.9. The topological polar surface area (TPSA) is 97.3 Å². The Hall–Kier alpha value is -3.39. The van der Waals surface area contributed by atoms with E-state index in [4.69, 9.17) is 0 Å². The molecule has 1 aromatic heterocycles. The summed E-state index contributed by atoms with van der Waals surface area (Å²) in [4.78, 5) is 25.6. The number of hydrogen-bond acceptors (Lipinski definition) is 4. The zero-order valence-corrected chi connectivity index (χ0v) is 18.5. The number of hydrogen-bond donors (Lipinski definition) is 2. The van der Waals surface area contributed by atoms with Gasteiger partial charge in [0.25, 0.3) is 15.6 Å². The van der Waals surface area contributed by atoms with Crippen LogP contribution >= 0.6 is 0 Å². The third kappa shape index (κ3) is 5.21. The van der Waals surface area contributed by atoms with Crippen molar-refractivity contribution in [3.05, 3.63) is 87.8 Å². The Labute approximate surface area is 181 Å². The molecule has 162 valence electrons. The van der Waals surface area contributed by atoms with Crippen molar-refractivity contribution in [1.82, 2.24) is 4.57 Å². The Morgan fingerprint density at radius 3 is 2.29 bits per heavy atom. The minimum Gasteiger partial charge on any atom is -0.324 e. The number of carbonyl (C=O) groups is 1. The third-order valence-electron chi connectivity index (χ3n) is 4.94. The van der Waals surface area contributed by atoms with Gasteiger partial charge in [0.1, 0.15) is 12.2 Å². The van der Waals surface area contributed by atoms with Gasteiger partial charge in [-0.1, -0.05) is 42.8 Å². The number of para-hydroxylation sites is 1. The first-order valence-electron chi connectivity index (χ1n) is 9.89. The Bertz CT molecular complexity index is 1260. The number of aromatic nitrogens is 1. The van der Waals surface area contributed by atoms with Crippen LogP contribution in [0, 0.1) is 13.8 Å². The van der Waals surface area contributed by atoms with Crippen molar-refractivity contribution in [2.24, 2.45) is 0 Å². The molecule has 1 amide bonds. The first-order chi connectivity index (χ1) is 14.7. The van der Waals surface area contributed by atoms with E-state index >= 15 is 0 Å². The molecular weight excluding hydrogens is 414 g/mol. The van der Waals surface area contributed by atoms with E-state index in [1.54, 1.807) is 31.2 Å². The van der Waals surface area contributed by atoms with E-state index in [1.165, 1.54) is 22.8 Å². The molecule has 31 heavy (non-hydrogen) atoms. The van der Waals surface area contributed by atoms with Crippen molar-refractivity contribution in [1.29, 1.82) is 0 Å². The largest absolute Gasteiger partial charge is 0.324 e. The van der Waals surface area contributed by atoms with Crippen LogP contribution in [0.2, 0.25) is 0 Å². The lowest BCUT2D eigenvalue weighted by molar-refractivity contribution is -0.116. The number of nitrogens with one attached hydrogen (secondary N) is 2. The zero-order chi connectivity index (χ0) is 22.6. The molecule has 0 atom stereocenters. The summed E-state index contributed by atoms with van der Waals surface area (Å²) in [6.45, 7) is 5.30. The second-order valence-electron chi connectivity index (χ2n) is 7.26. The van der Waals surface area contributed by atoms with Gasteiger partial charge in [-0.05, 0) is 56.2 Å². The van der Waals surface area contributed by atoms with Crippen LogP contribution in [0.1, 0.15) is 23.7 Å². The van der Waals surface area contributed by atoms with Gasteiger partial charge in [-0.15, -0.1) is 0 Å². The molecule has 0 aliphatic rings. The van der Waals surface area contributed by atoms with Crippen LogP contribution < -0.4 is 15.6 Å². The Balaban J connectivity index is 1.84. The van der Waals surface area contributed by atoms with Crippen LogP contribution in [0.25, 0.3) is 0 Å². The molecule has 0 aliphatic carbocycles. The van der Waals surface area contributed by atoms with Gasteiger partial charge in [-0.2, -0.15) is 0 Å². The number of sulfonamides is 1. The minimum atomic E-state index is -3.93. The van der Waals surface area contributed by atoms with Crippen LogP contribution in [0.5, 0.6) is 0 Å². The number of benzene rings is 2. The SMILES string of the molecule is CCc1ccccc1NC(=O)Cn1c(C)ccc(NS(=O)(=O)c2ccc(C)cc2)c1=O. The molecule has 7 nitrogen and oxygen atoms in total. The van der Waals surface area contributed by atoms with E-state index in [0.717, 1.165) is 17.5 Å². The molecule has 0 saturated carbocycles. The molecule has 0 aliphatic heterocycles. The molecule has 8 heteroatoms. The van der Waals surface area contributed by atoms with Gasteiger partial charge in [-0.25, -0.2) is 8.42 Å². The summed E-state index contributed by atoms with van der Waals surface area (Å²) in [5, 5.41) is 2.83. The smallest absolute Gasteiger partial charge is 0.275 e. The fourth-order valence-corrected chi connectivity index (χ4v) is 4.21. The fraction of sp³-hybridized carbons (Fsp3) is 0.217. The Morgan fingerprint density at radius 1 is 0.935 bits per heavy atom. The third-order valence-corrected chi connectivity index (χ3v) is 6.32. The van der Waals surface area contributed by atoms with E-state index in [1.807, 2.05) is 32.0 Å². The highest BCUT2D eigenvalue weighted by Gasteiger charge is 2.18. The van der Waals surface area contributed by atoms with Crippen LogP contribution in [-0.2, 0) is 27.8 Å². The Kier molecular flexibility index (Phi) is 6.60. The molecule has 3 aromatic rings. The normalized spacial score (nSPS) is 11.2. The molecular formula is C23H25N3O4S. The highest BCUT2D eigenvalue weighted by Crippen LogP contribution is 2.17. The highest BCUT2D eigenvalue weighted by atomic mass is 32.2. The first kappa shape index (κ1) is 22.3. The van der Waals surface area contributed by atoms with E-state index in [-0.39, 0.29) is 23.0 Å². The number of pyridine rings is 1. The predicted octanol–water partition coefficient (Wildman–Crippen LogP) is 3.47.